The van der Waals surface area contributed by atoms with E-state index in [1.54, 1.807) is 15.7 Å². The van der Waals surface area contributed by atoms with Crippen molar-refractivity contribution in [3.63, 3.8) is 0 Å². The lowest BCUT2D eigenvalue weighted by atomic mass is 10.0. The number of rotatable bonds is 5. The van der Waals surface area contributed by atoms with E-state index in [4.69, 9.17) is 9.47 Å². The number of aromatic nitrogens is 2. The highest BCUT2D eigenvalue weighted by atomic mass is 32.1. The molecule has 7 heteroatoms. The van der Waals surface area contributed by atoms with Gasteiger partial charge in [0.25, 0.3) is 5.56 Å². The van der Waals surface area contributed by atoms with Crippen molar-refractivity contribution in [1.29, 1.82) is 0 Å². The molecule has 3 aromatic rings. The molecule has 0 saturated carbocycles. The maximum Gasteiger partial charge on any atom is 0.344 e. The van der Waals surface area contributed by atoms with E-state index in [2.05, 4.69) is 4.98 Å². The van der Waals surface area contributed by atoms with E-state index in [0.717, 1.165) is 42.5 Å². The van der Waals surface area contributed by atoms with E-state index in [9.17, 15) is 9.59 Å². The SMILES string of the molecule is Cc1cccc(C)c1OCC(=O)OCc1cc(=O)n2c3c(sc2n1)CCCC3. The van der Waals surface area contributed by atoms with Crippen molar-refractivity contribution >= 4 is 22.3 Å². The molecule has 0 unspecified atom stereocenters. The average Bonchev–Trinajstić information content (AvgIpc) is 3.05. The number of carbonyl (C=O) groups is 1. The molecule has 0 fully saturated rings. The van der Waals surface area contributed by atoms with Crippen LogP contribution in [0.1, 0.15) is 40.2 Å². The van der Waals surface area contributed by atoms with Crippen molar-refractivity contribution in [2.24, 2.45) is 0 Å². The van der Waals surface area contributed by atoms with Gasteiger partial charge >= 0.3 is 5.97 Å². The van der Waals surface area contributed by atoms with E-state index in [0.29, 0.717) is 16.4 Å². The van der Waals surface area contributed by atoms with E-state index in [1.807, 2.05) is 32.0 Å². The number of fused-ring (bicyclic) bond motifs is 3. The first kappa shape index (κ1) is 18.7. The second kappa shape index (κ2) is 7.75. The minimum atomic E-state index is -0.491. The third-order valence-electron chi connectivity index (χ3n) is 4.94. The molecule has 146 valence electrons. The standard InChI is InChI=1S/C21H22N2O4S/c1-13-6-5-7-14(2)20(13)27-12-19(25)26-11-15-10-18(24)23-16-8-3-4-9-17(16)28-21(23)22-15/h5-7,10H,3-4,8-9,11-12H2,1-2H3. The van der Waals surface area contributed by atoms with E-state index < -0.39 is 5.97 Å². The molecule has 1 aliphatic carbocycles. The average molecular weight is 398 g/mol. The zero-order chi connectivity index (χ0) is 19.7. The molecular weight excluding hydrogens is 376 g/mol. The molecule has 0 radical (unpaired) electrons. The first-order chi connectivity index (χ1) is 13.5. The molecule has 4 rings (SSSR count). The van der Waals surface area contributed by atoms with Gasteiger partial charge in [0.15, 0.2) is 11.6 Å². The van der Waals surface area contributed by atoms with Gasteiger partial charge in [0.05, 0.1) is 5.69 Å². The second-order valence-corrected chi connectivity index (χ2v) is 8.12. The fraction of sp³-hybridized carbons (Fsp3) is 0.381. The highest BCUT2D eigenvalue weighted by Gasteiger charge is 2.19. The van der Waals surface area contributed by atoms with Gasteiger partial charge in [-0.2, -0.15) is 0 Å². The van der Waals surface area contributed by atoms with Gasteiger partial charge in [-0.05, 0) is 50.7 Å². The zero-order valence-corrected chi connectivity index (χ0v) is 16.8. The van der Waals surface area contributed by atoms with Crippen molar-refractivity contribution in [2.75, 3.05) is 6.61 Å². The number of esters is 1. The summed E-state index contributed by atoms with van der Waals surface area (Å²) in [5.41, 5.74) is 3.38. The maximum absolute atomic E-state index is 12.5. The normalized spacial score (nSPS) is 13.4. The number of aryl methyl sites for hydroxylation is 4. The van der Waals surface area contributed by atoms with E-state index in [-0.39, 0.29) is 18.8 Å². The molecule has 2 heterocycles. The van der Waals surface area contributed by atoms with Crippen molar-refractivity contribution < 1.29 is 14.3 Å². The summed E-state index contributed by atoms with van der Waals surface area (Å²) in [4.78, 5) is 31.0. The van der Waals surface area contributed by atoms with Crippen LogP contribution in [0.5, 0.6) is 5.75 Å². The van der Waals surface area contributed by atoms with Crippen LogP contribution < -0.4 is 10.3 Å². The van der Waals surface area contributed by atoms with Crippen LogP contribution in [-0.4, -0.2) is 22.0 Å². The zero-order valence-electron chi connectivity index (χ0n) is 16.0. The molecule has 1 aromatic carbocycles. The molecule has 0 aliphatic heterocycles. The summed E-state index contributed by atoms with van der Waals surface area (Å²) in [6.07, 6.45) is 4.17. The number of hydrogen-bond acceptors (Lipinski definition) is 6. The first-order valence-corrected chi connectivity index (χ1v) is 10.2. The number of carbonyl (C=O) groups excluding carboxylic acids is 1. The fourth-order valence-corrected chi connectivity index (χ4v) is 4.80. The third-order valence-corrected chi connectivity index (χ3v) is 6.08. The highest BCUT2D eigenvalue weighted by Crippen LogP contribution is 2.28. The Morgan fingerprint density at radius 3 is 2.75 bits per heavy atom. The Balaban J connectivity index is 1.42. The fourth-order valence-electron chi connectivity index (χ4n) is 3.57. The van der Waals surface area contributed by atoms with E-state index in [1.165, 1.54) is 10.9 Å². The summed E-state index contributed by atoms with van der Waals surface area (Å²) in [5, 5.41) is 0. The van der Waals surface area contributed by atoms with Crippen LogP contribution >= 0.6 is 11.3 Å². The van der Waals surface area contributed by atoms with Crippen LogP contribution in [-0.2, 0) is 29.0 Å². The van der Waals surface area contributed by atoms with Gasteiger partial charge in [-0.1, -0.05) is 18.2 Å². The van der Waals surface area contributed by atoms with Gasteiger partial charge in [0.1, 0.15) is 12.4 Å². The van der Waals surface area contributed by atoms with Gasteiger partial charge in [-0.25, -0.2) is 9.78 Å². The van der Waals surface area contributed by atoms with E-state index >= 15 is 0 Å². The maximum atomic E-state index is 12.5. The monoisotopic (exact) mass is 398 g/mol. The largest absolute Gasteiger partial charge is 0.481 e. The number of benzene rings is 1. The van der Waals surface area contributed by atoms with Crippen LogP contribution in [0.4, 0.5) is 0 Å². The predicted octanol–water partition coefficient (Wildman–Crippen LogP) is 3.37. The van der Waals surface area contributed by atoms with Crippen molar-refractivity contribution in [2.45, 2.75) is 46.1 Å². The predicted molar refractivity (Wildman–Crippen MR) is 107 cm³/mol. The molecular formula is C21H22N2O4S. The molecule has 0 bridgehead atoms. The highest BCUT2D eigenvalue weighted by molar-refractivity contribution is 7.17. The molecule has 0 N–H and O–H groups in total. The summed E-state index contributed by atoms with van der Waals surface area (Å²) in [5.74, 6) is 0.205. The number of ether oxygens (including phenoxy) is 2. The van der Waals surface area contributed by atoms with Crippen LogP contribution in [0.25, 0.3) is 4.96 Å². The molecule has 6 nitrogen and oxygen atoms in total. The number of nitrogens with zero attached hydrogens (tertiary/aromatic N) is 2. The Morgan fingerprint density at radius 1 is 1.21 bits per heavy atom. The topological polar surface area (TPSA) is 69.9 Å². The Morgan fingerprint density at radius 2 is 1.96 bits per heavy atom. The second-order valence-electron chi connectivity index (χ2n) is 7.05. The van der Waals surface area contributed by atoms with Gasteiger partial charge in [-0.3, -0.25) is 9.20 Å². The first-order valence-electron chi connectivity index (χ1n) is 9.41. The Bertz CT molecular complexity index is 1080. The molecule has 0 atom stereocenters. The Labute approximate surface area is 166 Å². The smallest absolute Gasteiger partial charge is 0.344 e. The lowest BCUT2D eigenvalue weighted by Crippen LogP contribution is -2.20. The van der Waals surface area contributed by atoms with Crippen molar-refractivity contribution in [1.82, 2.24) is 9.38 Å². The summed E-state index contributed by atoms with van der Waals surface area (Å²) in [6.45, 7) is 3.64. The third kappa shape index (κ3) is 3.67. The molecule has 0 spiro atoms. The van der Waals surface area contributed by atoms with Gasteiger partial charge in [-0.15, -0.1) is 11.3 Å². The molecule has 2 aromatic heterocycles. The number of hydrogen-bond donors (Lipinski definition) is 0. The molecule has 28 heavy (non-hydrogen) atoms. The van der Waals surface area contributed by atoms with Crippen LogP contribution in [0.3, 0.4) is 0 Å². The lowest BCUT2D eigenvalue weighted by molar-refractivity contribution is -0.147. The van der Waals surface area contributed by atoms with Crippen LogP contribution in [0, 0.1) is 13.8 Å². The van der Waals surface area contributed by atoms with Crippen LogP contribution in [0.2, 0.25) is 0 Å². The molecule has 1 aliphatic rings. The lowest BCUT2D eigenvalue weighted by Gasteiger charge is -2.11. The number of para-hydroxylation sites is 1. The Hall–Kier alpha value is -2.67. The quantitative estimate of drug-likeness (QED) is 0.616. The van der Waals surface area contributed by atoms with Gasteiger partial charge in [0, 0.05) is 16.6 Å². The van der Waals surface area contributed by atoms with Crippen LogP contribution in [0.15, 0.2) is 29.1 Å². The summed E-state index contributed by atoms with van der Waals surface area (Å²) >= 11 is 1.56. The van der Waals surface area contributed by atoms with Crippen molar-refractivity contribution in [3.05, 3.63) is 62.0 Å². The summed E-state index contributed by atoms with van der Waals surface area (Å²) in [6, 6.07) is 7.26. The number of thiazole rings is 1. The summed E-state index contributed by atoms with van der Waals surface area (Å²) < 4.78 is 12.6. The molecule has 0 saturated heterocycles. The van der Waals surface area contributed by atoms with Crippen molar-refractivity contribution in [3.8, 4) is 5.75 Å². The minimum Gasteiger partial charge on any atom is -0.481 e. The summed E-state index contributed by atoms with van der Waals surface area (Å²) in [7, 11) is 0. The molecule has 0 amide bonds. The Kier molecular flexibility index (Phi) is 5.17. The minimum absolute atomic E-state index is 0.0384. The van der Waals surface area contributed by atoms with Gasteiger partial charge < -0.3 is 9.47 Å². The van der Waals surface area contributed by atoms with Gasteiger partial charge in [0.2, 0.25) is 0 Å².